The third-order valence-corrected chi connectivity index (χ3v) is 4.42. The fourth-order valence-electron chi connectivity index (χ4n) is 2.36. The molecule has 2 aromatic carbocycles. The minimum Gasteiger partial charge on any atom is -0.454 e. The number of rotatable bonds is 4. The molecule has 0 radical (unpaired) electrons. The zero-order valence-corrected chi connectivity index (χ0v) is 14.0. The smallest absolute Gasteiger partial charge is 0.231 e. The van der Waals surface area contributed by atoms with Crippen LogP contribution in [0.25, 0.3) is 0 Å². The van der Waals surface area contributed by atoms with Gasteiger partial charge in [-0.05, 0) is 65.2 Å². The average Bonchev–Trinajstić information content (AvgIpc) is 2.96. The fourth-order valence-corrected chi connectivity index (χ4v) is 2.79. The molecule has 1 N–H and O–H groups in total. The average molecular weight is 366 g/mol. The lowest BCUT2D eigenvalue weighted by molar-refractivity contribution is 0.174. The molecule has 0 unspecified atom stereocenters. The third kappa shape index (κ3) is 3.10. The van der Waals surface area contributed by atoms with E-state index in [0.29, 0.717) is 11.0 Å². The summed E-state index contributed by atoms with van der Waals surface area (Å²) in [6.07, 6.45) is 0. The van der Waals surface area contributed by atoms with Gasteiger partial charge in [-0.25, -0.2) is 4.39 Å². The summed E-state index contributed by atoms with van der Waals surface area (Å²) in [5.74, 6) is 1.30. The largest absolute Gasteiger partial charge is 0.454 e. The summed E-state index contributed by atoms with van der Waals surface area (Å²) in [6, 6.07) is 11.0. The number of halogens is 2. The summed E-state index contributed by atoms with van der Waals surface area (Å²) in [7, 11) is 0. The van der Waals surface area contributed by atoms with Gasteiger partial charge in [0.2, 0.25) is 6.79 Å². The van der Waals surface area contributed by atoms with Gasteiger partial charge in [-0.15, -0.1) is 0 Å². The van der Waals surface area contributed by atoms with E-state index >= 15 is 0 Å². The Morgan fingerprint density at radius 1 is 1.14 bits per heavy atom. The van der Waals surface area contributed by atoms with E-state index in [0.717, 1.165) is 22.6 Å². The summed E-state index contributed by atoms with van der Waals surface area (Å²) in [4.78, 5) is 0. The van der Waals surface area contributed by atoms with Gasteiger partial charge in [0.05, 0.1) is 4.47 Å². The van der Waals surface area contributed by atoms with Gasteiger partial charge in [0.1, 0.15) is 5.82 Å². The maximum atomic E-state index is 13.3. The summed E-state index contributed by atoms with van der Waals surface area (Å²) in [6.45, 7) is 5.11. The lowest BCUT2D eigenvalue weighted by Crippen LogP contribution is -2.35. The fraction of sp³-hybridized carbons (Fsp3) is 0.294. The van der Waals surface area contributed by atoms with Crippen LogP contribution in [0.4, 0.5) is 4.39 Å². The Kier molecular flexibility index (Phi) is 4.10. The Balaban J connectivity index is 1.74. The third-order valence-electron chi connectivity index (χ3n) is 3.81. The molecule has 3 nitrogen and oxygen atoms in total. The van der Waals surface area contributed by atoms with Crippen molar-refractivity contribution in [3.63, 3.8) is 0 Å². The maximum Gasteiger partial charge on any atom is 0.231 e. The van der Waals surface area contributed by atoms with E-state index in [-0.39, 0.29) is 18.1 Å². The molecule has 1 aliphatic heterocycles. The number of nitrogens with one attached hydrogen (secondary N) is 1. The number of fused-ring (bicyclic) bond motifs is 1. The minimum absolute atomic E-state index is 0.248. The van der Waals surface area contributed by atoms with Crippen molar-refractivity contribution >= 4 is 15.9 Å². The summed E-state index contributed by atoms with van der Waals surface area (Å²) >= 11 is 3.21. The predicted molar refractivity (Wildman–Crippen MR) is 86.5 cm³/mol. The molecule has 0 fully saturated rings. The lowest BCUT2D eigenvalue weighted by Gasteiger charge is -2.27. The Labute approximate surface area is 137 Å². The van der Waals surface area contributed by atoms with E-state index in [1.807, 2.05) is 18.2 Å². The van der Waals surface area contributed by atoms with Gasteiger partial charge in [0.15, 0.2) is 11.5 Å². The van der Waals surface area contributed by atoms with Crippen LogP contribution in [0, 0.1) is 5.82 Å². The zero-order valence-electron chi connectivity index (χ0n) is 12.5. The molecule has 116 valence electrons. The first-order valence-electron chi connectivity index (χ1n) is 7.05. The molecule has 0 spiro atoms. The van der Waals surface area contributed by atoms with Gasteiger partial charge in [0.25, 0.3) is 0 Å². The molecule has 0 bridgehead atoms. The van der Waals surface area contributed by atoms with Crippen LogP contribution < -0.4 is 14.8 Å². The second kappa shape index (κ2) is 5.89. The van der Waals surface area contributed by atoms with E-state index in [1.165, 1.54) is 6.07 Å². The normalized spacial score (nSPS) is 13.5. The van der Waals surface area contributed by atoms with Gasteiger partial charge in [-0.2, -0.15) is 0 Å². The van der Waals surface area contributed by atoms with Gasteiger partial charge in [0, 0.05) is 12.1 Å². The SMILES string of the molecule is CC(C)(NCc1ccc(F)c(Br)c1)c1ccc2c(c1)OCO2. The minimum atomic E-state index is -0.251. The van der Waals surface area contributed by atoms with Crippen molar-refractivity contribution in [1.82, 2.24) is 5.32 Å². The van der Waals surface area contributed by atoms with Crippen molar-refractivity contribution in [3.8, 4) is 11.5 Å². The van der Waals surface area contributed by atoms with Crippen molar-refractivity contribution in [2.45, 2.75) is 25.9 Å². The van der Waals surface area contributed by atoms with Crippen molar-refractivity contribution < 1.29 is 13.9 Å². The predicted octanol–water partition coefficient (Wildman–Crippen LogP) is 4.34. The Morgan fingerprint density at radius 3 is 2.68 bits per heavy atom. The van der Waals surface area contributed by atoms with E-state index in [2.05, 4.69) is 35.1 Å². The van der Waals surface area contributed by atoms with Crippen LogP contribution in [-0.2, 0) is 12.1 Å². The molecule has 5 heteroatoms. The van der Waals surface area contributed by atoms with Crippen LogP contribution in [0.1, 0.15) is 25.0 Å². The van der Waals surface area contributed by atoms with Crippen molar-refractivity contribution in [2.24, 2.45) is 0 Å². The number of hydrogen-bond donors (Lipinski definition) is 1. The van der Waals surface area contributed by atoms with Crippen molar-refractivity contribution in [2.75, 3.05) is 6.79 Å². The first-order chi connectivity index (χ1) is 10.5. The highest BCUT2D eigenvalue weighted by Crippen LogP contribution is 2.35. The van der Waals surface area contributed by atoms with Crippen LogP contribution in [-0.4, -0.2) is 6.79 Å². The molecule has 0 saturated heterocycles. The molecule has 0 aromatic heterocycles. The van der Waals surface area contributed by atoms with E-state index in [1.54, 1.807) is 12.1 Å². The Morgan fingerprint density at radius 2 is 1.91 bits per heavy atom. The maximum absolute atomic E-state index is 13.3. The molecule has 3 rings (SSSR count). The number of benzene rings is 2. The summed E-state index contributed by atoms with van der Waals surface area (Å²) in [5.41, 5.74) is 1.88. The summed E-state index contributed by atoms with van der Waals surface area (Å²) in [5, 5.41) is 3.49. The van der Waals surface area contributed by atoms with E-state index < -0.39 is 0 Å². The molecule has 0 aliphatic carbocycles. The molecule has 2 aromatic rings. The van der Waals surface area contributed by atoms with Gasteiger partial charge in [-0.1, -0.05) is 12.1 Å². The molecular formula is C17H17BrFNO2. The molecule has 1 heterocycles. The topological polar surface area (TPSA) is 30.5 Å². The quantitative estimate of drug-likeness (QED) is 0.873. The van der Waals surface area contributed by atoms with Gasteiger partial charge < -0.3 is 14.8 Å². The van der Waals surface area contributed by atoms with Crippen LogP contribution in [0.15, 0.2) is 40.9 Å². The molecular weight excluding hydrogens is 349 g/mol. The standard InChI is InChI=1S/C17H17BrFNO2/c1-17(2,12-4-6-15-16(8-12)22-10-21-15)20-9-11-3-5-14(19)13(18)7-11/h3-8,20H,9-10H2,1-2H3. The number of hydrogen-bond acceptors (Lipinski definition) is 3. The van der Waals surface area contributed by atoms with Gasteiger partial charge >= 0.3 is 0 Å². The van der Waals surface area contributed by atoms with Gasteiger partial charge in [-0.3, -0.25) is 0 Å². The zero-order chi connectivity index (χ0) is 15.7. The van der Waals surface area contributed by atoms with E-state index in [4.69, 9.17) is 9.47 Å². The highest BCUT2D eigenvalue weighted by molar-refractivity contribution is 9.10. The molecule has 0 saturated carbocycles. The molecule has 0 amide bonds. The monoisotopic (exact) mass is 365 g/mol. The first kappa shape index (κ1) is 15.3. The summed E-state index contributed by atoms with van der Waals surface area (Å²) < 4.78 is 24.5. The van der Waals surface area contributed by atoms with Crippen molar-refractivity contribution in [1.29, 1.82) is 0 Å². The highest BCUT2D eigenvalue weighted by atomic mass is 79.9. The van der Waals surface area contributed by atoms with Crippen molar-refractivity contribution in [3.05, 3.63) is 57.8 Å². The highest BCUT2D eigenvalue weighted by Gasteiger charge is 2.23. The Bertz CT molecular complexity index is 703. The molecule has 1 aliphatic rings. The second-order valence-corrected chi connectivity index (χ2v) is 6.65. The number of ether oxygens (including phenoxy) is 2. The first-order valence-corrected chi connectivity index (χ1v) is 7.84. The van der Waals surface area contributed by atoms with Crippen LogP contribution in [0.3, 0.4) is 0 Å². The second-order valence-electron chi connectivity index (χ2n) is 5.80. The van der Waals surface area contributed by atoms with Crippen LogP contribution >= 0.6 is 15.9 Å². The Hall–Kier alpha value is -1.59. The van der Waals surface area contributed by atoms with E-state index in [9.17, 15) is 4.39 Å². The van der Waals surface area contributed by atoms with Crippen LogP contribution in [0.5, 0.6) is 11.5 Å². The molecule has 0 atom stereocenters. The lowest BCUT2D eigenvalue weighted by atomic mass is 9.93. The van der Waals surface area contributed by atoms with Crippen LogP contribution in [0.2, 0.25) is 0 Å². The molecule has 22 heavy (non-hydrogen) atoms.